The Morgan fingerprint density at radius 2 is 2.14 bits per heavy atom. The zero-order valence-electron chi connectivity index (χ0n) is 7.20. The summed E-state index contributed by atoms with van der Waals surface area (Å²) < 4.78 is 4.32. The molecule has 2 rings (SSSR count). The lowest BCUT2D eigenvalue weighted by molar-refractivity contribution is -0.146. The van der Waals surface area contributed by atoms with Crippen LogP contribution in [0.25, 0.3) is 0 Å². The molecule has 0 radical (unpaired) electrons. The van der Waals surface area contributed by atoms with Gasteiger partial charge in [0, 0.05) is 6.08 Å². The van der Waals surface area contributed by atoms with Crippen LogP contribution in [-0.2, 0) is 14.3 Å². The van der Waals surface area contributed by atoms with Gasteiger partial charge >= 0.3 is 5.97 Å². The number of alkyl halides is 1. The summed E-state index contributed by atoms with van der Waals surface area (Å²) in [6.45, 7) is 0. The molecule has 72 valence electrons. The highest BCUT2D eigenvalue weighted by atomic mass is 79.9. The highest BCUT2D eigenvalue weighted by molar-refractivity contribution is 9.10. The van der Waals surface area contributed by atoms with E-state index < -0.39 is 16.1 Å². The Balaban J connectivity index is 2.28. The van der Waals surface area contributed by atoms with Crippen LogP contribution in [0.2, 0.25) is 0 Å². The standard InChI is InChI=1S/C10H7BrO3/c11-10(4-2-1-3-5-10)8-6-7(12)9(13)14-8/h1-4,6H,5H2. The second kappa shape index (κ2) is 3.20. The molecule has 1 heterocycles. The minimum Gasteiger partial charge on any atom is -0.423 e. The largest absolute Gasteiger partial charge is 0.423 e. The summed E-state index contributed by atoms with van der Waals surface area (Å²) in [7, 11) is 0. The number of allylic oxidation sites excluding steroid dienone is 4. The van der Waals surface area contributed by atoms with Crippen LogP contribution in [0.15, 0.2) is 36.1 Å². The number of ketones is 1. The van der Waals surface area contributed by atoms with Gasteiger partial charge in [0.25, 0.3) is 5.78 Å². The van der Waals surface area contributed by atoms with Crippen LogP contribution in [0.1, 0.15) is 6.42 Å². The molecular formula is C10H7BrO3. The van der Waals surface area contributed by atoms with Gasteiger partial charge in [-0.05, 0) is 6.42 Å². The van der Waals surface area contributed by atoms with E-state index in [1.54, 1.807) is 0 Å². The minimum absolute atomic E-state index is 0.369. The Morgan fingerprint density at radius 3 is 2.64 bits per heavy atom. The first-order valence-electron chi connectivity index (χ1n) is 4.13. The molecule has 14 heavy (non-hydrogen) atoms. The van der Waals surface area contributed by atoms with Gasteiger partial charge in [-0.1, -0.05) is 40.2 Å². The zero-order valence-corrected chi connectivity index (χ0v) is 8.78. The molecule has 1 aliphatic heterocycles. The zero-order chi connectivity index (χ0) is 10.2. The number of halogens is 1. The topological polar surface area (TPSA) is 43.4 Å². The second-order valence-electron chi connectivity index (χ2n) is 3.12. The van der Waals surface area contributed by atoms with Gasteiger partial charge in [0.2, 0.25) is 0 Å². The molecule has 0 bridgehead atoms. The molecule has 1 atom stereocenters. The van der Waals surface area contributed by atoms with E-state index in [4.69, 9.17) is 4.74 Å². The molecule has 0 spiro atoms. The number of rotatable bonds is 1. The first-order valence-corrected chi connectivity index (χ1v) is 4.93. The predicted octanol–water partition coefficient (Wildman–Crippen LogP) is 1.65. The third-order valence-corrected chi connectivity index (χ3v) is 3.08. The summed E-state index contributed by atoms with van der Waals surface area (Å²) in [4.78, 5) is 21.8. The van der Waals surface area contributed by atoms with Crippen molar-refractivity contribution in [2.75, 3.05) is 0 Å². The summed E-state index contributed by atoms with van der Waals surface area (Å²) in [5.74, 6) is -1.03. The number of esters is 1. The maximum absolute atomic E-state index is 11.0. The third kappa shape index (κ3) is 1.46. The van der Waals surface area contributed by atoms with Crippen LogP contribution in [0, 0.1) is 0 Å². The number of hydrogen-bond acceptors (Lipinski definition) is 3. The summed E-state index contributed by atoms with van der Waals surface area (Å²) >= 11 is 3.44. The van der Waals surface area contributed by atoms with E-state index >= 15 is 0 Å². The molecule has 1 unspecified atom stereocenters. The molecule has 0 saturated heterocycles. The van der Waals surface area contributed by atoms with Crippen LogP contribution in [0.5, 0.6) is 0 Å². The Morgan fingerprint density at radius 1 is 1.36 bits per heavy atom. The van der Waals surface area contributed by atoms with Crippen LogP contribution >= 0.6 is 15.9 Å². The molecular weight excluding hydrogens is 248 g/mol. The molecule has 0 amide bonds. The Labute approximate surface area is 89.2 Å². The summed E-state index contributed by atoms with van der Waals surface area (Å²) in [6, 6.07) is 0. The molecule has 0 aromatic heterocycles. The van der Waals surface area contributed by atoms with Gasteiger partial charge < -0.3 is 4.74 Å². The van der Waals surface area contributed by atoms with Crippen molar-refractivity contribution in [1.29, 1.82) is 0 Å². The highest BCUT2D eigenvalue weighted by Crippen LogP contribution is 2.37. The van der Waals surface area contributed by atoms with E-state index in [1.165, 1.54) is 6.08 Å². The van der Waals surface area contributed by atoms with E-state index in [0.717, 1.165) is 0 Å². The van der Waals surface area contributed by atoms with Crippen molar-refractivity contribution in [3.8, 4) is 0 Å². The lowest BCUT2D eigenvalue weighted by Gasteiger charge is -2.23. The van der Waals surface area contributed by atoms with Crippen molar-refractivity contribution in [3.63, 3.8) is 0 Å². The van der Waals surface area contributed by atoms with E-state index in [-0.39, 0.29) is 0 Å². The van der Waals surface area contributed by atoms with Crippen LogP contribution in [-0.4, -0.2) is 16.1 Å². The van der Waals surface area contributed by atoms with E-state index in [1.807, 2.05) is 24.3 Å². The molecule has 3 nitrogen and oxygen atoms in total. The van der Waals surface area contributed by atoms with Gasteiger partial charge in [-0.25, -0.2) is 4.79 Å². The smallest absolute Gasteiger partial charge is 0.384 e. The number of carbonyl (C=O) groups excluding carboxylic acids is 2. The number of hydrogen-bond donors (Lipinski definition) is 0. The first kappa shape index (κ1) is 9.40. The van der Waals surface area contributed by atoms with Gasteiger partial charge in [0.1, 0.15) is 10.1 Å². The summed E-state index contributed by atoms with van der Waals surface area (Å²) in [5.41, 5.74) is 0. The molecule has 0 aromatic carbocycles. The number of cyclic esters (lactones) is 1. The van der Waals surface area contributed by atoms with Crippen LogP contribution in [0.4, 0.5) is 0 Å². The summed E-state index contributed by atoms with van der Waals surface area (Å²) in [6.07, 6.45) is 9.43. The quantitative estimate of drug-likeness (QED) is 0.406. The lowest BCUT2D eigenvalue weighted by atomic mass is 9.98. The van der Waals surface area contributed by atoms with Gasteiger partial charge in [-0.3, -0.25) is 4.79 Å². The van der Waals surface area contributed by atoms with Crippen LogP contribution < -0.4 is 0 Å². The second-order valence-corrected chi connectivity index (χ2v) is 4.53. The molecule has 2 aliphatic rings. The molecule has 0 saturated carbocycles. The SMILES string of the molecule is O=C1C=C(C2(Br)C=CC=CC2)OC1=O. The van der Waals surface area contributed by atoms with E-state index in [9.17, 15) is 9.59 Å². The molecule has 4 heteroatoms. The van der Waals surface area contributed by atoms with Gasteiger partial charge in [0.15, 0.2) is 0 Å². The fourth-order valence-corrected chi connectivity index (χ4v) is 1.87. The van der Waals surface area contributed by atoms with Crippen molar-refractivity contribution < 1.29 is 14.3 Å². The Kier molecular flexibility index (Phi) is 2.15. The maximum Gasteiger partial charge on any atom is 0.384 e. The molecule has 0 aromatic rings. The monoisotopic (exact) mass is 254 g/mol. The van der Waals surface area contributed by atoms with Gasteiger partial charge in [-0.15, -0.1) is 0 Å². The van der Waals surface area contributed by atoms with Crippen molar-refractivity contribution in [1.82, 2.24) is 0 Å². The Bertz CT molecular complexity index is 392. The molecule has 0 N–H and O–H groups in total. The normalized spacial score (nSPS) is 30.5. The minimum atomic E-state index is -0.804. The number of carbonyl (C=O) groups is 2. The molecule has 0 fully saturated rings. The first-order chi connectivity index (χ1) is 6.62. The van der Waals surface area contributed by atoms with Gasteiger partial charge in [0.05, 0.1) is 0 Å². The third-order valence-electron chi connectivity index (χ3n) is 2.10. The van der Waals surface area contributed by atoms with Crippen molar-refractivity contribution in [2.24, 2.45) is 0 Å². The summed E-state index contributed by atoms with van der Waals surface area (Å²) in [5, 5.41) is 0. The van der Waals surface area contributed by atoms with Crippen LogP contribution in [0.3, 0.4) is 0 Å². The number of ether oxygens (including phenoxy) is 1. The highest BCUT2D eigenvalue weighted by Gasteiger charge is 2.37. The fraction of sp³-hybridized carbons (Fsp3) is 0.200. The van der Waals surface area contributed by atoms with Crippen molar-refractivity contribution >= 4 is 27.7 Å². The maximum atomic E-state index is 11.0. The molecule has 1 aliphatic carbocycles. The Hall–Kier alpha value is -1.16. The van der Waals surface area contributed by atoms with Gasteiger partial charge in [-0.2, -0.15) is 0 Å². The predicted molar refractivity (Wildman–Crippen MR) is 53.7 cm³/mol. The van der Waals surface area contributed by atoms with Crippen molar-refractivity contribution in [2.45, 2.75) is 10.7 Å². The lowest BCUT2D eigenvalue weighted by Crippen LogP contribution is -2.22. The van der Waals surface area contributed by atoms with Crippen molar-refractivity contribution in [3.05, 3.63) is 36.1 Å². The average molecular weight is 255 g/mol. The van der Waals surface area contributed by atoms with E-state index in [0.29, 0.717) is 12.2 Å². The van der Waals surface area contributed by atoms with E-state index in [2.05, 4.69) is 15.9 Å². The fourth-order valence-electron chi connectivity index (χ4n) is 1.34. The average Bonchev–Trinajstić information content (AvgIpc) is 2.49.